The average Bonchev–Trinajstić information content (AvgIpc) is 2.01. The SMILES string of the molecule is F[P-](F)(F)(F)(F)F.N#[N+]Cc1ccccc1. The molecule has 1 aromatic carbocycles. The van der Waals surface area contributed by atoms with Gasteiger partial charge in [0.05, 0.1) is 0 Å². The van der Waals surface area contributed by atoms with Gasteiger partial charge in [-0.05, 0) is 0 Å². The summed E-state index contributed by atoms with van der Waals surface area (Å²) in [5.41, 5.74) is 1.03. The molecule has 1 rings (SSSR count). The van der Waals surface area contributed by atoms with E-state index >= 15 is 0 Å². The molecule has 0 aliphatic carbocycles. The zero-order valence-electron chi connectivity index (χ0n) is 7.70. The summed E-state index contributed by atoms with van der Waals surface area (Å²) in [4.78, 5) is 3.01. The van der Waals surface area contributed by atoms with Crippen LogP contribution < -0.4 is 0 Å². The first-order valence-corrected chi connectivity index (χ1v) is 5.82. The van der Waals surface area contributed by atoms with Crippen molar-refractivity contribution in [3.05, 3.63) is 40.9 Å². The van der Waals surface area contributed by atoms with Gasteiger partial charge in [0.2, 0.25) is 5.39 Å². The normalized spacial score (nSPS) is 14.8. The van der Waals surface area contributed by atoms with Crippen molar-refractivity contribution >= 4 is 7.81 Å². The van der Waals surface area contributed by atoms with Crippen LogP contribution in [0.3, 0.4) is 0 Å². The average molecular weight is 264 g/mol. The van der Waals surface area contributed by atoms with Crippen molar-refractivity contribution in [3.8, 4) is 0 Å². The Hall–Kier alpha value is -1.35. The van der Waals surface area contributed by atoms with Crippen molar-refractivity contribution in [1.29, 1.82) is 5.39 Å². The van der Waals surface area contributed by atoms with Crippen molar-refractivity contribution in [1.82, 2.24) is 0 Å². The van der Waals surface area contributed by atoms with E-state index in [4.69, 9.17) is 5.39 Å². The molecule has 1 aromatic rings. The summed E-state index contributed by atoms with van der Waals surface area (Å²) in [5.74, 6) is 0. The minimum atomic E-state index is -10.7. The Morgan fingerprint density at radius 2 is 1.31 bits per heavy atom. The number of nitrogens with zero attached hydrogens (tertiary/aromatic N) is 2. The zero-order chi connectivity index (χ0) is 12.9. The van der Waals surface area contributed by atoms with E-state index in [9.17, 15) is 25.2 Å². The maximum atomic E-state index is 9.87. The molecule has 0 radical (unpaired) electrons. The van der Waals surface area contributed by atoms with Gasteiger partial charge in [0, 0.05) is 5.56 Å². The van der Waals surface area contributed by atoms with Crippen LogP contribution in [0.2, 0.25) is 0 Å². The minimum absolute atomic E-state index is 0.390. The fraction of sp³-hybridized carbons (Fsp3) is 0.143. The van der Waals surface area contributed by atoms with Gasteiger partial charge in [-0.2, -0.15) is 0 Å². The molecule has 0 aliphatic heterocycles. The van der Waals surface area contributed by atoms with Crippen LogP contribution in [0.15, 0.2) is 30.3 Å². The van der Waals surface area contributed by atoms with Crippen LogP contribution in [0.25, 0.3) is 4.98 Å². The van der Waals surface area contributed by atoms with Gasteiger partial charge in [0.25, 0.3) is 0 Å². The van der Waals surface area contributed by atoms with Crippen molar-refractivity contribution in [2.24, 2.45) is 0 Å². The Morgan fingerprint density at radius 3 is 1.62 bits per heavy atom. The molecule has 0 saturated heterocycles. The van der Waals surface area contributed by atoms with E-state index < -0.39 is 7.81 Å². The van der Waals surface area contributed by atoms with Gasteiger partial charge < -0.3 is 0 Å². The summed E-state index contributed by atoms with van der Waals surface area (Å²) in [6, 6.07) is 9.60. The van der Waals surface area contributed by atoms with Crippen molar-refractivity contribution in [2.45, 2.75) is 6.54 Å². The van der Waals surface area contributed by atoms with Gasteiger partial charge in [-0.1, -0.05) is 30.3 Å². The molecule has 0 saturated carbocycles. The van der Waals surface area contributed by atoms with E-state index in [1.165, 1.54) is 0 Å². The van der Waals surface area contributed by atoms with E-state index in [0.717, 1.165) is 5.56 Å². The van der Waals surface area contributed by atoms with Crippen molar-refractivity contribution in [2.75, 3.05) is 0 Å². The second-order valence-corrected chi connectivity index (χ2v) is 4.66. The molecule has 0 aromatic heterocycles. The van der Waals surface area contributed by atoms with E-state index in [-0.39, 0.29) is 0 Å². The predicted molar refractivity (Wildman–Crippen MR) is 48.8 cm³/mol. The molecule has 0 bridgehead atoms. The standard InChI is InChI=1S/C7H7N2.F6P/c8-9-6-7-4-2-1-3-5-7;1-7(2,3,4,5)6/h1-5H,6H2;/q+1;-1. The Bertz CT molecular complexity index is 366. The Kier molecular flexibility index (Phi) is 3.58. The van der Waals surface area contributed by atoms with Crippen molar-refractivity contribution < 1.29 is 25.2 Å². The molecule has 0 atom stereocenters. The number of halogens is 6. The first kappa shape index (κ1) is 14.6. The molecular weight excluding hydrogens is 257 g/mol. The minimum Gasteiger partial charge on any atom is -0.0622 e. The molecule has 9 heteroatoms. The maximum absolute atomic E-state index is 10.7. The Morgan fingerprint density at radius 1 is 0.938 bits per heavy atom. The first-order valence-electron chi connectivity index (χ1n) is 3.79. The van der Waals surface area contributed by atoms with E-state index in [1.807, 2.05) is 30.3 Å². The molecule has 92 valence electrons. The third-order valence-corrected chi connectivity index (χ3v) is 1.10. The molecule has 2 nitrogen and oxygen atoms in total. The monoisotopic (exact) mass is 264 g/mol. The largest absolute Gasteiger partial charge is 0.330 e. The molecule has 0 aliphatic rings. The van der Waals surface area contributed by atoms with Gasteiger partial charge in [0.15, 0.2) is 0 Å². The molecule has 0 unspecified atom stereocenters. The molecular formula is C7H7F6N2P. The number of diazo groups is 1. The quantitative estimate of drug-likeness (QED) is 0.378. The summed E-state index contributed by atoms with van der Waals surface area (Å²) in [7, 11) is -10.7. The zero-order valence-corrected chi connectivity index (χ0v) is 8.60. The summed E-state index contributed by atoms with van der Waals surface area (Å²) in [5, 5.41) is 8.14. The van der Waals surface area contributed by atoms with Crippen LogP contribution in [-0.2, 0) is 6.54 Å². The maximum Gasteiger partial charge on any atom is 0.330 e. The van der Waals surface area contributed by atoms with Crippen LogP contribution in [0.5, 0.6) is 0 Å². The van der Waals surface area contributed by atoms with Gasteiger partial charge >= 0.3 is 39.5 Å². The molecule has 0 amide bonds. The van der Waals surface area contributed by atoms with E-state index in [2.05, 4.69) is 4.98 Å². The molecule has 16 heavy (non-hydrogen) atoms. The smallest absolute Gasteiger partial charge is 0.0622 e. The van der Waals surface area contributed by atoms with Gasteiger partial charge in [-0.3, -0.25) is 0 Å². The van der Waals surface area contributed by atoms with Gasteiger partial charge in [-0.25, -0.2) is 0 Å². The van der Waals surface area contributed by atoms with Gasteiger partial charge in [0.1, 0.15) is 4.98 Å². The molecule has 0 fully saturated rings. The molecule has 0 heterocycles. The van der Waals surface area contributed by atoms with Crippen LogP contribution >= 0.6 is 7.81 Å². The fourth-order valence-electron chi connectivity index (χ4n) is 0.665. The van der Waals surface area contributed by atoms with Crippen LogP contribution in [0.4, 0.5) is 25.2 Å². The van der Waals surface area contributed by atoms with Crippen LogP contribution in [-0.4, -0.2) is 0 Å². The number of rotatable bonds is 1. The van der Waals surface area contributed by atoms with E-state index in [0.29, 0.717) is 6.54 Å². The number of benzene rings is 1. The summed E-state index contributed by atoms with van der Waals surface area (Å²) in [6.07, 6.45) is 0. The molecule has 0 spiro atoms. The topological polar surface area (TPSA) is 28.1 Å². The fourth-order valence-corrected chi connectivity index (χ4v) is 0.665. The van der Waals surface area contributed by atoms with E-state index in [1.54, 1.807) is 0 Å². The first-order chi connectivity index (χ1) is 6.88. The number of hydrogen-bond acceptors (Lipinski definition) is 1. The molecule has 0 N–H and O–H groups in total. The van der Waals surface area contributed by atoms with Crippen LogP contribution in [0.1, 0.15) is 5.56 Å². The van der Waals surface area contributed by atoms with Crippen LogP contribution in [0, 0.1) is 5.39 Å². The summed E-state index contributed by atoms with van der Waals surface area (Å²) < 4.78 is 59.2. The predicted octanol–water partition coefficient (Wildman–Crippen LogP) is 5.42. The third-order valence-electron chi connectivity index (χ3n) is 1.10. The number of hydrogen-bond donors (Lipinski definition) is 0. The van der Waals surface area contributed by atoms with Crippen molar-refractivity contribution in [3.63, 3.8) is 0 Å². The summed E-state index contributed by atoms with van der Waals surface area (Å²) >= 11 is 0. The second-order valence-electron chi connectivity index (χ2n) is 2.74. The third kappa shape index (κ3) is 18.4. The van der Waals surface area contributed by atoms with Gasteiger partial charge in [-0.15, -0.1) is 0 Å². The Balaban J connectivity index is 0.000000293. The second kappa shape index (κ2) is 3.91. The summed E-state index contributed by atoms with van der Waals surface area (Å²) in [6.45, 7) is 0.390. The Labute approximate surface area is 86.7 Å².